The Balaban J connectivity index is -0.000000267. The van der Waals surface area contributed by atoms with Crippen LogP contribution in [0.3, 0.4) is 0 Å². The summed E-state index contributed by atoms with van der Waals surface area (Å²) in [7, 11) is 0. The van der Waals surface area contributed by atoms with Crippen molar-refractivity contribution in [1.82, 2.24) is 0 Å². The minimum atomic E-state index is -0.899. The molecule has 1 radical (unpaired) electrons. The molecule has 68 heavy (non-hydrogen) atoms. The molecule has 0 fully saturated rings. The molecule has 8 heteroatoms. The van der Waals surface area contributed by atoms with E-state index in [1.807, 2.05) is 0 Å². The minimum Gasteiger partial charge on any atom is -1.00 e. The third kappa shape index (κ3) is 83.4. The van der Waals surface area contributed by atoms with Crippen molar-refractivity contribution < 1.29 is 78.1 Å². The van der Waals surface area contributed by atoms with Crippen molar-refractivity contribution in [3.8, 4) is 0 Å². The minimum absolute atomic E-state index is 0. The van der Waals surface area contributed by atoms with Gasteiger partial charge in [-0.05, 0) is 25.7 Å². The fraction of sp³-hybridized carbons (Fsp3) is 0.967. The zero-order valence-corrected chi connectivity index (χ0v) is 50.0. The van der Waals surface area contributed by atoms with E-state index in [1.54, 1.807) is 0 Å². The molecule has 0 aliphatic rings. The molecule has 0 bridgehead atoms. The first-order chi connectivity index (χ1) is 31.5. The molecule has 0 amide bonds. The molecular weight excluding hydrogens is 987 g/mol. The van der Waals surface area contributed by atoms with Gasteiger partial charge in [-0.25, -0.2) is 0 Å². The van der Waals surface area contributed by atoms with Gasteiger partial charge in [0.05, 0.1) is 0 Å². The van der Waals surface area contributed by atoms with E-state index in [0.29, 0.717) is 0 Å². The largest absolute Gasteiger partial charge is 5.00 e. The van der Waals surface area contributed by atoms with Gasteiger partial charge in [-0.2, -0.15) is 0 Å². The summed E-state index contributed by atoms with van der Waals surface area (Å²) in [6.45, 7) is 4.59. The van der Waals surface area contributed by atoms with E-state index in [9.17, 15) is 19.8 Å². The molecule has 0 atom stereocenters. The Labute approximate surface area is 460 Å². The van der Waals surface area contributed by atoms with Gasteiger partial charge in [-0.15, -0.1) is 0 Å². The average molecular weight is 1110 g/mol. The summed E-state index contributed by atoms with van der Waals surface area (Å²) < 4.78 is 0. The number of carboxylic acids is 2. The van der Waals surface area contributed by atoms with Crippen molar-refractivity contribution in [1.29, 1.82) is 0 Å². The smallest absolute Gasteiger partial charge is 1.00 e. The van der Waals surface area contributed by atoms with Crippen molar-refractivity contribution in [3.63, 3.8) is 0 Å². The number of unbranched alkanes of at least 4 members (excludes halogenated alkanes) is 52. The Morgan fingerprint density at radius 2 is 0.294 bits per heavy atom. The Morgan fingerprint density at radius 3 is 0.382 bits per heavy atom. The molecule has 0 saturated carbocycles. The van der Waals surface area contributed by atoms with Crippen molar-refractivity contribution in [2.75, 3.05) is 0 Å². The molecule has 4 nitrogen and oxygen atoms in total. The first-order valence-corrected chi connectivity index (χ1v) is 29.9. The number of hydrogen-bond acceptors (Lipinski definition) is 4. The molecule has 0 N–H and O–H groups in total. The van der Waals surface area contributed by atoms with Crippen molar-refractivity contribution >= 4 is 11.9 Å². The summed E-state index contributed by atoms with van der Waals surface area (Å²) in [4.78, 5) is 20.7. The number of rotatable bonds is 56. The SMILES string of the molecule is CCCCCCCCCCCCCCCCCCCCCCCCCCCCCC(=O)[O-].CCCCCCCCCCCCCCCCCCCCCCCCCCCCCC(=O)[O-].[Cl-].[Cl-].[Cl-].[Mo+5]. The van der Waals surface area contributed by atoms with E-state index in [0.717, 1.165) is 25.7 Å². The predicted molar refractivity (Wildman–Crippen MR) is 280 cm³/mol. The van der Waals surface area contributed by atoms with Crippen LogP contribution in [0.25, 0.3) is 0 Å². The molecule has 0 aromatic carbocycles. The van der Waals surface area contributed by atoms with Gasteiger partial charge in [0.1, 0.15) is 0 Å². The topological polar surface area (TPSA) is 80.3 Å². The molecule has 0 aliphatic carbocycles. The van der Waals surface area contributed by atoms with E-state index in [1.165, 1.54) is 321 Å². The fourth-order valence-electron chi connectivity index (χ4n) is 9.52. The van der Waals surface area contributed by atoms with Crippen LogP contribution in [-0.4, -0.2) is 11.9 Å². The second kappa shape index (κ2) is 76.4. The number of carbonyl (C=O) groups is 2. The molecule has 0 aliphatic heterocycles. The van der Waals surface area contributed by atoms with Crippen molar-refractivity contribution in [2.45, 2.75) is 373 Å². The molecular formula is C60H118Cl3MoO4. The standard InChI is InChI=1S/2C30H60O2.3ClH.Mo/c2*1-2-3-4-5-6-7-8-9-10-11-12-13-14-15-16-17-18-19-20-21-22-23-24-25-26-27-28-29-30(31)32;;;;/h2*2-29H2,1H3,(H,31,32);3*1H;/q;;;;;+5/p-5. The maximum atomic E-state index is 10.3. The molecule has 0 saturated heterocycles. The summed E-state index contributed by atoms with van der Waals surface area (Å²) >= 11 is 0. The van der Waals surface area contributed by atoms with Crippen LogP contribution in [0.4, 0.5) is 0 Å². The number of hydrogen-bond donors (Lipinski definition) is 0. The van der Waals surface area contributed by atoms with Crippen LogP contribution in [0.15, 0.2) is 0 Å². The summed E-state index contributed by atoms with van der Waals surface area (Å²) in [5.74, 6) is -1.80. The van der Waals surface area contributed by atoms with Gasteiger partial charge in [-0.3, -0.25) is 0 Å². The predicted octanol–water partition coefficient (Wildman–Crippen LogP) is 10.4. The summed E-state index contributed by atoms with van der Waals surface area (Å²) in [5, 5.41) is 20.7. The van der Waals surface area contributed by atoms with E-state index >= 15 is 0 Å². The molecule has 0 unspecified atom stereocenters. The maximum absolute atomic E-state index is 10.3. The summed E-state index contributed by atoms with van der Waals surface area (Å²) in [6.07, 6.45) is 75.2. The van der Waals surface area contributed by atoms with Crippen LogP contribution in [0, 0.1) is 0 Å². The molecule has 0 heterocycles. The van der Waals surface area contributed by atoms with Crippen LogP contribution < -0.4 is 47.4 Å². The second-order valence-corrected chi connectivity index (χ2v) is 20.6. The molecule has 0 rings (SSSR count). The van der Waals surface area contributed by atoms with Crippen LogP contribution in [0.5, 0.6) is 0 Å². The van der Waals surface area contributed by atoms with Gasteiger partial charge >= 0.3 is 21.1 Å². The fourth-order valence-corrected chi connectivity index (χ4v) is 9.52. The zero-order valence-electron chi connectivity index (χ0n) is 45.8. The Hall–Kier alpha value is 0.498. The van der Waals surface area contributed by atoms with Crippen molar-refractivity contribution in [2.24, 2.45) is 0 Å². The normalized spacial score (nSPS) is 10.6. The van der Waals surface area contributed by atoms with Gasteiger partial charge in [-0.1, -0.05) is 348 Å². The van der Waals surface area contributed by atoms with E-state index in [-0.39, 0.29) is 71.1 Å². The maximum Gasteiger partial charge on any atom is 5.00 e. The number of halogens is 3. The Morgan fingerprint density at radius 1 is 0.206 bits per heavy atom. The monoisotopic (exact) mass is 1110 g/mol. The van der Waals surface area contributed by atoms with Gasteiger partial charge in [0, 0.05) is 11.9 Å². The Bertz CT molecular complexity index is 799. The quantitative estimate of drug-likeness (QED) is 0.0449. The van der Waals surface area contributed by atoms with Crippen LogP contribution in [0.1, 0.15) is 373 Å². The summed E-state index contributed by atoms with van der Waals surface area (Å²) in [6, 6.07) is 0. The van der Waals surface area contributed by atoms with Crippen LogP contribution >= 0.6 is 0 Å². The number of aliphatic carboxylic acids is 2. The molecule has 0 aromatic rings. The molecule has 409 valence electrons. The third-order valence-electron chi connectivity index (χ3n) is 14.0. The van der Waals surface area contributed by atoms with Gasteiger partial charge in [0.2, 0.25) is 0 Å². The average Bonchev–Trinajstić information content (AvgIpc) is 3.28. The van der Waals surface area contributed by atoms with E-state index in [4.69, 9.17) is 0 Å². The number of carboxylic acid groups (broad SMARTS) is 2. The van der Waals surface area contributed by atoms with Gasteiger partial charge in [0.25, 0.3) is 0 Å². The number of carbonyl (C=O) groups excluding carboxylic acids is 2. The van der Waals surface area contributed by atoms with Gasteiger partial charge in [0.15, 0.2) is 0 Å². The van der Waals surface area contributed by atoms with Crippen molar-refractivity contribution in [3.05, 3.63) is 0 Å². The van der Waals surface area contributed by atoms with Crippen LogP contribution in [-0.2, 0) is 30.7 Å². The first kappa shape index (κ1) is 79.9. The molecule has 0 spiro atoms. The molecule has 0 aromatic heterocycles. The van der Waals surface area contributed by atoms with E-state index < -0.39 is 11.9 Å². The van der Waals surface area contributed by atoms with Gasteiger partial charge < -0.3 is 57.0 Å². The first-order valence-electron chi connectivity index (χ1n) is 29.9. The zero-order chi connectivity index (χ0) is 46.8. The summed E-state index contributed by atoms with van der Waals surface area (Å²) in [5.41, 5.74) is 0. The second-order valence-electron chi connectivity index (χ2n) is 20.6. The van der Waals surface area contributed by atoms with Crippen LogP contribution in [0.2, 0.25) is 0 Å². The van der Waals surface area contributed by atoms with E-state index in [2.05, 4.69) is 13.8 Å². The Kier molecular flexibility index (Phi) is 89.8. The third-order valence-corrected chi connectivity index (χ3v) is 14.0.